The number of aromatic nitrogens is 2. The zero-order valence-corrected chi connectivity index (χ0v) is 19.9. The molecule has 1 aliphatic carbocycles. The van der Waals surface area contributed by atoms with Gasteiger partial charge in [0.25, 0.3) is 0 Å². The van der Waals surface area contributed by atoms with Crippen molar-refractivity contribution in [3.8, 4) is 0 Å². The molecule has 1 saturated carbocycles. The van der Waals surface area contributed by atoms with Crippen LogP contribution in [0.3, 0.4) is 0 Å². The Morgan fingerprint density at radius 2 is 1.57 bits per heavy atom. The number of alkyl halides is 3. The predicted octanol–water partition coefficient (Wildman–Crippen LogP) is 5.81. The van der Waals surface area contributed by atoms with E-state index >= 15 is 0 Å². The molecule has 0 saturated heterocycles. The number of benzene rings is 2. The van der Waals surface area contributed by atoms with Crippen molar-refractivity contribution < 1.29 is 13.2 Å². The predicted molar refractivity (Wildman–Crippen MR) is 134 cm³/mol. The second-order valence-corrected chi connectivity index (χ2v) is 9.63. The fourth-order valence-corrected chi connectivity index (χ4v) is 5.26. The van der Waals surface area contributed by atoms with Gasteiger partial charge in [-0.05, 0) is 41.7 Å². The second kappa shape index (κ2) is 9.45. The van der Waals surface area contributed by atoms with Gasteiger partial charge in [-0.3, -0.25) is 0 Å². The van der Waals surface area contributed by atoms with Crippen molar-refractivity contribution in [1.29, 1.82) is 0 Å². The van der Waals surface area contributed by atoms with Gasteiger partial charge in [-0.15, -0.1) is 0 Å². The van der Waals surface area contributed by atoms with Crippen LogP contribution >= 0.6 is 12.2 Å². The van der Waals surface area contributed by atoms with Gasteiger partial charge in [0.1, 0.15) is 5.82 Å². The summed E-state index contributed by atoms with van der Waals surface area (Å²) in [7, 11) is 0. The molecule has 0 bridgehead atoms. The van der Waals surface area contributed by atoms with E-state index in [9.17, 15) is 13.2 Å². The first-order valence-corrected chi connectivity index (χ1v) is 12.1. The van der Waals surface area contributed by atoms with Crippen molar-refractivity contribution in [1.82, 2.24) is 15.3 Å². The minimum absolute atomic E-state index is 0.0475. The highest BCUT2D eigenvalue weighted by Gasteiger charge is 2.36. The first-order chi connectivity index (χ1) is 16.8. The molecule has 9 heteroatoms. The monoisotopic (exact) mass is 497 g/mol. The Morgan fingerprint density at radius 3 is 2.20 bits per heavy atom. The zero-order valence-electron chi connectivity index (χ0n) is 19.1. The fourth-order valence-electron chi connectivity index (χ4n) is 5.10. The van der Waals surface area contributed by atoms with Gasteiger partial charge in [0.05, 0.1) is 0 Å². The second-order valence-electron chi connectivity index (χ2n) is 9.22. The van der Waals surface area contributed by atoms with Gasteiger partial charge in [-0.1, -0.05) is 67.4 Å². The molecular formula is C26H26F3N5S. The molecule has 5 rings (SSSR count). The summed E-state index contributed by atoms with van der Waals surface area (Å²) in [6.07, 6.45) is -0.264. The number of fused-ring (bicyclic) bond motifs is 1. The molecule has 182 valence electrons. The molecule has 0 amide bonds. The summed E-state index contributed by atoms with van der Waals surface area (Å²) in [5.74, 6) is 0.0498. The van der Waals surface area contributed by atoms with E-state index in [2.05, 4.69) is 32.7 Å². The Hall–Kier alpha value is -3.20. The van der Waals surface area contributed by atoms with Crippen LogP contribution in [-0.2, 0) is 24.7 Å². The fraction of sp³-hybridized carbons (Fsp3) is 0.346. The number of thiocarbonyl (C=S) groups is 1. The molecule has 0 spiro atoms. The lowest BCUT2D eigenvalue weighted by molar-refractivity contribution is -0.141. The van der Waals surface area contributed by atoms with Crippen molar-refractivity contribution >= 4 is 29.1 Å². The summed E-state index contributed by atoms with van der Waals surface area (Å²) in [4.78, 5) is 9.91. The molecule has 1 fully saturated rings. The van der Waals surface area contributed by atoms with E-state index in [1.165, 1.54) is 5.56 Å². The van der Waals surface area contributed by atoms with Gasteiger partial charge < -0.3 is 15.5 Å². The van der Waals surface area contributed by atoms with Crippen LogP contribution in [0.2, 0.25) is 0 Å². The van der Waals surface area contributed by atoms with Crippen LogP contribution in [0, 0.1) is 0 Å². The van der Waals surface area contributed by atoms with Crippen LogP contribution < -0.4 is 15.5 Å². The molecule has 1 aliphatic heterocycles. The van der Waals surface area contributed by atoms with Crippen molar-refractivity contribution in [2.75, 3.05) is 16.8 Å². The van der Waals surface area contributed by atoms with Crippen LogP contribution in [0.1, 0.15) is 48.1 Å². The van der Waals surface area contributed by atoms with Crippen molar-refractivity contribution in [3.05, 3.63) is 83.0 Å². The lowest BCUT2D eigenvalue weighted by Crippen LogP contribution is -2.41. The third-order valence-electron chi connectivity index (χ3n) is 6.93. The molecule has 2 aliphatic rings. The van der Waals surface area contributed by atoms with Gasteiger partial charge in [0, 0.05) is 31.1 Å². The maximum absolute atomic E-state index is 13.6. The molecule has 2 N–H and O–H groups in total. The van der Waals surface area contributed by atoms with Crippen molar-refractivity contribution in [3.63, 3.8) is 0 Å². The summed E-state index contributed by atoms with van der Waals surface area (Å²) < 4.78 is 40.9. The topological polar surface area (TPSA) is 53.1 Å². The third kappa shape index (κ3) is 5.10. The molecule has 1 aromatic heterocycles. The molecular weight excluding hydrogens is 471 g/mol. The lowest BCUT2D eigenvalue weighted by Gasteiger charge is -2.30. The average Bonchev–Trinajstić information content (AvgIpc) is 3.51. The maximum Gasteiger partial charge on any atom is 0.433 e. The summed E-state index contributed by atoms with van der Waals surface area (Å²) >= 11 is 5.44. The van der Waals surface area contributed by atoms with E-state index in [-0.39, 0.29) is 22.3 Å². The SMILES string of the molecule is FC(F)(F)c1cc(N2Cc3ccccc3C2)nc(NC(=S)NCC2(c3ccccc3)CCCC2)n1. The number of nitrogens with zero attached hydrogens (tertiary/aromatic N) is 3. The molecule has 0 atom stereocenters. The number of anilines is 2. The highest BCUT2D eigenvalue weighted by molar-refractivity contribution is 7.80. The van der Waals surface area contributed by atoms with E-state index < -0.39 is 11.9 Å². The Kier molecular flexibility index (Phi) is 6.35. The molecule has 5 nitrogen and oxygen atoms in total. The van der Waals surface area contributed by atoms with E-state index in [4.69, 9.17) is 12.2 Å². The molecule has 3 aromatic rings. The molecule has 2 heterocycles. The zero-order chi connectivity index (χ0) is 24.5. The van der Waals surface area contributed by atoms with Gasteiger partial charge >= 0.3 is 6.18 Å². The van der Waals surface area contributed by atoms with E-state index in [0.29, 0.717) is 19.6 Å². The largest absolute Gasteiger partial charge is 0.433 e. The quantitative estimate of drug-likeness (QED) is 0.434. The van der Waals surface area contributed by atoms with Crippen LogP contribution in [0.25, 0.3) is 0 Å². The number of rotatable bonds is 5. The Balaban J connectivity index is 1.33. The highest BCUT2D eigenvalue weighted by atomic mass is 32.1. The molecule has 0 radical (unpaired) electrons. The minimum atomic E-state index is -4.60. The molecule has 0 unspecified atom stereocenters. The highest BCUT2D eigenvalue weighted by Crippen LogP contribution is 2.40. The Labute approximate surface area is 207 Å². The van der Waals surface area contributed by atoms with Gasteiger partial charge in [-0.25, -0.2) is 4.98 Å². The first-order valence-electron chi connectivity index (χ1n) is 11.7. The number of hydrogen-bond donors (Lipinski definition) is 2. The summed E-state index contributed by atoms with van der Waals surface area (Å²) in [6, 6.07) is 19.1. The lowest BCUT2D eigenvalue weighted by atomic mass is 9.79. The van der Waals surface area contributed by atoms with Crippen molar-refractivity contribution in [2.45, 2.75) is 50.4 Å². The van der Waals surface area contributed by atoms with E-state index in [1.807, 2.05) is 47.4 Å². The van der Waals surface area contributed by atoms with Crippen LogP contribution in [0.5, 0.6) is 0 Å². The average molecular weight is 498 g/mol. The summed E-state index contributed by atoms with van der Waals surface area (Å²) in [6.45, 7) is 1.58. The maximum atomic E-state index is 13.6. The van der Waals surface area contributed by atoms with Crippen LogP contribution in [0.15, 0.2) is 60.7 Å². The smallest absolute Gasteiger partial charge is 0.361 e. The van der Waals surface area contributed by atoms with Gasteiger partial charge in [-0.2, -0.15) is 18.2 Å². The van der Waals surface area contributed by atoms with Gasteiger partial charge in [0.15, 0.2) is 10.8 Å². The third-order valence-corrected chi connectivity index (χ3v) is 7.17. The summed E-state index contributed by atoms with van der Waals surface area (Å²) in [5.41, 5.74) is 2.36. The first kappa shape index (κ1) is 23.5. The standard InChI is InChI=1S/C26H26F3N5S/c27-26(28,29)21-14-22(34-15-18-8-4-5-9-19(18)16-34)32-23(31-21)33-24(35)30-17-25(12-6-7-13-25)20-10-2-1-3-11-20/h1-5,8-11,14H,6-7,12-13,15-17H2,(H2,30,31,32,33,35). The Morgan fingerprint density at radius 1 is 0.943 bits per heavy atom. The molecule has 2 aromatic carbocycles. The minimum Gasteiger partial charge on any atom is -0.361 e. The van der Waals surface area contributed by atoms with Crippen LogP contribution in [0.4, 0.5) is 24.9 Å². The number of hydrogen-bond acceptors (Lipinski definition) is 4. The van der Waals surface area contributed by atoms with E-state index in [1.54, 1.807) is 0 Å². The summed E-state index contributed by atoms with van der Waals surface area (Å²) in [5, 5.41) is 6.23. The van der Waals surface area contributed by atoms with E-state index in [0.717, 1.165) is 42.9 Å². The molecule has 35 heavy (non-hydrogen) atoms. The Bertz CT molecular complexity index is 1180. The normalized spacial score (nSPS) is 16.7. The number of nitrogens with one attached hydrogen (secondary N) is 2. The van der Waals surface area contributed by atoms with Crippen LogP contribution in [-0.4, -0.2) is 21.6 Å². The van der Waals surface area contributed by atoms with Gasteiger partial charge in [0.2, 0.25) is 5.95 Å². The van der Waals surface area contributed by atoms with Crippen molar-refractivity contribution in [2.24, 2.45) is 0 Å². The number of halogens is 3.